The standard InChI is InChI=1S/C34H43N3O4/c1-23(6-17-33-24(2)40-22-41-33)26-9-7-25(8-10-26)20-36(34(39)27-11-15-32(38)16-12-27)31-5-3-4-28(18-31)29-19-35-37(21-29)30-13-14-30/h3-6,17-19,21,25-27,30,32,38H,1,7-16,20,22H2,2H3/b17-6-/t25-,26-,27-,32-. The van der Waals surface area contributed by atoms with E-state index < -0.39 is 0 Å². The van der Waals surface area contributed by atoms with E-state index in [9.17, 15) is 9.90 Å². The topological polar surface area (TPSA) is 76.8 Å². The van der Waals surface area contributed by atoms with Crippen molar-refractivity contribution in [3.8, 4) is 11.1 Å². The van der Waals surface area contributed by atoms with Crippen LogP contribution in [0.5, 0.6) is 0 Å². The van der Waals surface area contributed by atoms with Crippen LogP contribution in [-0.4, -0.2) is 40.2 Å². The number of nitrogens with zero attached hydrogens (tertiary/aromatic N) is 3. The van der Waals surface area contributed by atoms with E-state index >= 15 is 0 Å². The number of aromatic nitrogens is 2. The van der Waals surface area contributed by atoms with Gasteiger partial charge in [-0.15, -0.1) is 0 Å². The number of hydrogen-bond donors (Lipinski definition) is 1. The number of aliphatic hydroxyl groups excluding tert-OH is 1. The minimum Gasteiger partial charge on any atom is -0.458 e. The van der Waals surface area contributed by atoms with Gasteiger partial charge in [0.05, 0.1) is 18.3 Å². The summed E-state index contributed by atoms with van der Waals surface area (Å²) >= 11 is 0. The quantitative estimate of drug-likeness (QED) is 0.339. The molecule has 7 nitrogen and oxygen atoms in total. The van der Waals surface area contributed by atoms with Gasteiger partial charge in [0.2, 0.25) is 12.7 Å². The second kappa shape index (κ2) is 12.3. The highest BCUT2D eigenvalue weighted by Gasteiger charge is 2.32. The first-order valence-electron chi connectivity index (χ1n) is 15.4. The summed E-state index contributed by atoms with van der Waals surface area (Å²) in [5.41, 5.74) is 4.29. The molecule has 3 aliphatic carbocycles. The summed E-state index contributed by atoms with van der Waals surface area (Å²) in [5, 5.41) is 14.6. The molecule has 3 fully saturated rings. The highest BCUT2D eigenvalue weighted by atomic mass is 16.7. The molecule has 2 aromatic rings. The summed E-state index contributed by atoms with van der Waals surface area (Å²) in [6, 6.07) is 8.96. The molecule has 6 rings (SSSR count). The van der Waals surface area contributed by atoms with Crippen molar-refractivity contribution in [2.45, 2.75) is 83.3 Å². The first-order chi connectivity index (χ1) is 19.9. The third-order valence-corrected chi connectivity index (χ3v) is 9.42. The number of allylic oxidation sites excluding steroid dienone is 4. The second-order valence-electron chi connectivity index (χ2n) is 12.4. The van der Waals surface area contributed by atoms with Gasteiger partial charge in [-0.1, -0.05) is 30.4 Å². The van der Waals surface area contributed by atoms with Gasteiger partial charge in [0.25, 0.3) is 0 Å². The van der Waals surface area contributed by atoms with Crippen molar-refractivity contribution in [1.82, 2.24) is 9.78 Å². The van der Waals surface area contributed by atoms with Crippen molar-refractivity contribution >= 4 is 11.6 Å². The van der Waals surface area contributed by atoms with Gasteiger partial charge in [-0.05, 0) is 107 Å². The van der Waals surface area contributed by atoms with Crippen molar-refractivity contribution < 1.29 is 19.4 Å². The van der Waals surface area contributed by atoms with Gasteiger partial charge in [0.1, 0.15) is 5.76 Å². The smallest absolute Gasteiger partial charge is 0.230 e. The van der Waals surface area contributed by atoms with Crippen LogP contribution in [0.4, 0.5) is 5.69 Å². The first-order valence-corrected chi connectivity index (χ1v) is 15.4. The predicted octanol–water partition coefficient (Wildman–Crippen LogP) is 6.92. The number of amides is 1. The Bertz CT molecular complexity index is 1310. The molecule has 1 aromatic carbocycles. The van der Waals surface area contributed by atoms with Crippen LogP contribution in [0.1, 0.15) is 77.2 Å². The van der Waals surface area contributed by atoms with E-state index in [0.717, 1.165) is 79.0 Å². The number of ether oxygens (including phenoxy) is 2. The number of benzene rings is 1. The molecule has 7 heteroatoms. The van der Waals surface area contributed by atoms with E-state index in [1.165, 1.54) is 12.8 Å². The van der Waals surface area contributed by atoms with E-state index in [1.807, 2.05) is 19.2 Å². The SMILES string of the molecule is C=C(/C=C\C1=C(C)OCO1)[C@H]1CC[C@H](CN(c2cccc(-c3cnn(C4CC4)c3)c2)C(=O)[C@H]2CC[C@H](O)CC2)CC1. The molecule has 41 heavy (non-hydrogen) atoms. The fraction of sp³-hybridized carbons (Fsp3) is 0.529. The summed E-state index contributed by atoms with van der Waals surface area (Å²) < 4.78 is 13.0. The predicted molar refractivity (Wildman–Crippen MR) is 160 cm³/mol. The zero-order valence-electron chi connectivity index (χ0n) is 24.2. The largest absolute Gasteiger partial charge is 0.458 e. The summed E-state index contributed by atoms with van der Waals surface area (Å²) in [4.78, 5) is 16.1. The molecule has 1 aromatic heterocycles. The van der Waals surface area contributed by atoms with Crippen molar-refractivity contribution in [2.75, 3.05) is 18.2 Å². The minimum absolute atomic E-state index is 0.0273. The van der Waals surface area contributed by atoms with Gasteiger partial charge in [-0.25, -0.2) is 0 Å². The second-order valence-corrected chi connectivity index (χ2v) is 12.4. The maximum atomic E-state index is 14.0. The van der Waals surface area contributed by atoms with Crippen molar-refractivity contribution in [1.29, 1.82) is 0 Å². The Morgan fingerprint density at radius 2 is 1.80 bits per heavy atom. The molecule has 4 aliphatic rings. The zero-order valence-corrected chi connectivity index (χ0v) is 24.2. The molecular weight excluding hydrogens is 514 g/mol. The van der Waals surface area contributed by atoms with Crippen LogP contribution in [-0.2, 0) is 14.3 Å². The molecule has 2 heterocycles. The van der Waals surface area contributed by atoms with Gasteiger partial charge < -0.3 is 19.5 Å². The number of rotatable bonds is 9. The Morgan fingerprint density at radius 1 is 1.05 bits per heavy atom. The molecule has 1 aliphatic heterocycles. The monoisotopic (exact) mass is 557 g/mol. The maximum Gasteiger partial charge on any atom is 0.230 e. The lowest BCUT2D eigenvalue weighted by Gasteiger charge is -2.36. The molecule has 0 atom stereocenters. The summed E-state index contributed by atoms with van der Waals surface area (Å²) in [6.07, 6.45) is 17.5. The van der Waals surface area contributed by atoms with Crippen molar-refractivity contribution in [3.63, 3.8) is 0 Å². The van der Waals surface area contributed by atoms with E-state index in [-0.39, 0.29) is 24.7 Å². The van der Waals surface area contributed by atoms with Crippen LogP contribution in [0.2, 0.25) is 0 Å². The van der Waals surface area contributed by atoms with Crippen LogP contribution < -0.4 is 4.90 Å². The maximum absolute atomic E-state index is 14.0. The van der Waals surface area contributed by atoms with Gasteiger partial charge in [0, 0.05) is 29.9 Å². The molecule has 0 bridgehead atoms. The third-order valence-electron chi connectivity index (χ3n) is 9.42. The number of hydrogen-bond acceptors (Lipinski definition) is 5. The van der Waals surface area contributed by atoms with Crippen LogP contribution in [0.3, 0.4) is 0 Å². The molecule has 218 valence electrons. The number of aliphatic hydroxyl groups is 1. The number of carbonyl (C=O) groups excluding carboxylic acids is 1. The van der Waals surface area contributed by atoms with Crippen LogP contribution >= 0.6 is 0 Å². The van der Waals surface area contributed by atoms with Gasteiger partial charge in [-0.2, -0.15) is 5.10 Å². The van der Waals surface area contributed by atoms with E-state index in [1.54, 1.807) is 0 Å². The Balaban J connectivity index is 1.15. The number of anilines is 1. The molecule has 0 spiro atoms. The van der Waals surface area contributed by atoms with E-state index in [2.05, 4.69) is 57.8 Å². The molecule has 0 saturated heterocycles. The molecular formula is C34H43N3O4. The average Bonchev–Trinajstić information content (AvgIpc) is 3.58. The lowest BCUT2D eigenvalue weighted by molar-refractivity contribution is -0.124. The zero-order chi connectivity index (χ0) is 28.3. The molecule has 0 unspecified atom stereocenters. The Morgan fingerprint density at radius 3 is 2.51 bits per heavy atom. The first kappa shape index (κ1) is 27.8. The molecule has 1 N–H and O–H groups in total. The fourth-order valence-electron chi connectivity index (χ4n) is 6.56. The number of carbonyl (C=O) groups is 1. The molecule has 0 radical (unpaired) electrons. The van der Waals surface area contributed by atoms with Crippen LogP contribution in [0.15, 0.2) is 72.5 Å². The van der Waals surface area contributed by atoms with Crippen molar-refractivity contribution in [3.05, 3.63) is 72.5 Å². The fourth-order valence-corrected chi connectivity index (χ4v) is 6.56. The van der Waals surface area contributed by atoms with Gasteiger partial charge in [-0.3, -0.25) is 9.48 Å². The molecule has 1 amide bonds. The highest BCUT2D eigenvalue weighted by Crippen LogP contribution is 2.38. The summed E-state index contributed by atoms with van der Waals surface area (Å²) in [5.74, 6) is 2.67. The average molecular weight is 558 g/mol. The summed E-state index contributed by atoms with van der Waals surface area (Å²) in [7, 11) is 0. The summed E-state index contributed by atoms with van der Waals surface area (Å²) in [6.45, 7) is 7.28. The highest BCUT2D eigenvalue weighted by molar-refractivity contribution is 5.95. The van der Waals surface area contributed by atoms with E-state index in [4.69, 9.17) is 9.47 Å². The minimum atomic E-state index is -0.274. The lowest BCUT2D eigenvalue weighted by atomic mass is 9.78. The van der Waals surface area contributed by atoms with Gasteiger partial charge in [0.15, 0.2) is 5.76 Å². The van der Waals surface area contributed by atoms with Crippen molar-refractivity contribution in [2.24, 2.45) is 17.8 Å². The van der Waals surface area contributed by atoms with Gasteiger partial charge >= 0.3 is 0 Å². The lowest BCUT2D eigenvalue weighted by Crippen LogP contribution is -2.42. The van der Waals surface area contributed by atoms with E-state index in [0.29, 0.717) is 30.7 Å². The Labute approximate surface area is 243 Å². The van der Waals surface area contributed by atoms with Crippen LogP contribution in [0.25, 0.3) is 11.1 Å². The van der Waals surface area contributed by atoms with Crippen LogP contribution in [0, 0.1) is 17.8 Å². The Kier molecular flexibility index (Phi) is 8.33. The Hall–Kier alpha value is -3.32. The normalized spacial score (nSPS) is 26.6. The molecule has 3 saturated carbocycles. The third kappa shape index (κ3) is 6.61.